The van der Waals surface area contributed by atoms with Gasteiger partial charge in [0.1, 0.15) is 12.2 Å². The van der Waals surface area contributed by atoms with Gasteiger partial charge in [0.25, 0.3) is 0 Å². The molecule has 1 fully saturated rings. The van der Waals surface area contributed by atoms with Crippen molar-refractivity contribution >= 4 is 17.6 Å². The summed E-state index contributed by atoms with van der Waals surface area (Å²) in [5.74, 6) is -1.18. The molecule has 1 aromatic carbocycles. The number of epoxide rings is 1. The maximum atomic E-state index is 10.4. The average molecular weight is 237 g/mol. The molecule has 2 unspecified atom stereocenters. The van der Waals surface area contributed by atoms with Crippen molar-refractivity contribution < 1.29 is 66.0 Å². The summed E-state index contributed by atoms with van der Waals surface area (Å²) in [6, 6.07) is 6.95. The van der Waals surface area contributed by atoms with E-state index in [2.05, 4.69) is 0 Å². The van der Waals surface area contributed by atoms with Crippen LogP contribution in [-0.2, 0) is 9.53 Å². The number of aliphatic carboxylic acids is 1. The number of carboxylic acid groups (broad SMARTS) is 1. The van der Waals surface area contributed by atoms with Gasteiger partial charge in [-0.2, -0.15) is 0 Å². The maximum Gasteiger partial charge on any atom is 1.00 e. The third-order valence-corrected chi connectivity index (χ3v) is 2.14. The van der Waals surface area contributed by atoms with Crippen LogP contribution in [0.2, 0.25) is 5.02 Å². The number of rotatable bonds is 2. The van der Waals surface area contributed by atoms with Gasteiger partial charge in [-0.3, -0.25) is 0 Å². The summed E-state index contributed by atoms with van der Waals surface area (Å²) in [6.45, 7) is 0. The van der Waals surface area contributed by atoms with Crippen molar-refractivity contribution in [2.45, 2.75) is 12.2 Å². The summed E-state index contributed by atoms with van der Waals surface area (Å²) >= 11 is 5.73. The second-order valence-electron chi connectivity index (χ2n) is 2.85. The van der Waals surface area contributed by atoms with Crippen molar-refractivity contribution in [3.63, 3.8) is 0 Å². The molecule has 1 aromatic rings. The van der Waals surface area contributed by atoms with Crippen LogP contribution in [-0.4, -0.2) is 12.1 Å². The fraction of sp³-hybridized carbons (Fsp3) is 0.222. The summed E-state index contributed by atoms with van der Waals surface area (Å²) in [5, 5.41) is 10.9. The van der Waals surface area contributed by atoms with Crippen LogP contribution in [0.4, 0.5) is 0 Å². The second-order valence-corrected chi connectivity index (χ2v) is 3.29. The number of hydrogen-bond acceptors (Lipinski definition) is 3. The molecule has 14 heavy (non-hydrogen) atoms. The fourth-order valence-electron chi connectivity index (χ4n) is 1.23. The molecular weight excluding hydrogens is 231 g/mol. The molecular formula is C9H6ClKO3. The quantitative estimate of drug-likeness (QED) is 0.423. The monoisotopic (exact) mass is 236 g/mol. The molecule has 1 heterocycles. The number of benzene rings is 1. The molecule has 68 valence electrons. The van der Waals surface area contributed by atoms with E-state index in [9.17, 15) is 9.90 Å². The van der Waals surface area contributed by atoms with Crippen LogP contribution in [0, 0.1) is 0 Å². The number of ether oxygens (including phenoxy) is 1. The molecule has 0 N–H and O–H groups in total. The zero-order chi connectivity index (χ0) is 9.42. The Balaban J connectivity index is 0.000000980. The van der Waals surface area contributed by atoms with Crippen LogP contribution in [0.15, 0.2) is 24.3 Å². The van der Waals surface area contributed by atoms with Crippen molar-refractivity contribution in [3.05, 3.63) is 34.9 Å². The van der Waals surface area contributed by atoms with Crippen LogP contribution < -0.4 is 56.5 Å². The van der Waals surface area contributed by atoms with Gasteiger partial charge in [-0.1, -0.05) is 23.7 Å². The Morgan fingerprint density at radius 2 is 2.21 bits per heavy atom. The Hall–Kier alpha value is 0.576. The predicted octanol–water partition coefficient (Wildman–Crippen LogP) is -2.47. The first-order valence-electron chi connectivity index (χ1n) is 3.80. The first-order valence-corrected chi connectivity index (χ1v) is 4.18. The third kappa shape index (κ3) is 2.79. The Morgan fingerprint density at radius 1 is 1.50 bits per heavy atom. The van der Waals surface area contributed by atoms with Crippen LogP contribution in [0.25, 0.3) is 0 Å². The zero-order valence-corrected chi connectivity index (χ0v) is 11.4. The molecule has 0 aromatic heterocycles. The van der Waals surface area contributed by atoms with E-state index in [0.717, 1.165) is 5.56 Å². The molecule has 1 aliphatic rings. The van der Waals surface area contributed by atoms with E-state index in [1.54, 1.807) is 24.3 Å². The average Bonchev–Trinajstić information content (AvgIpc) is 2.82. The molecule has 2 rings (SSSR count). The van der Waals surface area contributed by atoms with E-state index in [0.29, 0.717) is 5.02 Å². The van der Waals surface area contributed by atoms with Gasteiger partial charge in [0, 0.05) is 5.02 Å². The Kier molecular flexibility index (Phi) is 4.58. The van der Waals surface area contributed by atoms with Crippen molar-refractivity contribution in [3.8, 4) is 0 Å². The summed E-state index contributed by atoms with van der Waals surface area (Å²) in [4.78, 5) is 10.4. The van der Waals surface area contributed by atoms with Crippen LogP contribution in [0.1, 0.15) is 11.7 Å². The Bertz CT molecular complexity index is 356. The minimum atomic E-state index is -1.18. The fourth-order valence-corrected chi connectivity index (χ4v) is 1.43. The van der Waals surface area contributed by atoms with Gasteiger partial charge in [-0.25, -0.2) is 0 Å². The van der Waals surface area contributed by atoms with Crippen molar-refractivity contribution in [1.82, 2.24) is 0 Å². The number of carbonyl (C=O) groups is 1. The van der Waals surface area contributed by atoms with Gasteiger partial charge < -0.3 is 14.6 Å². The zero-order valence-electron chi connectivity index (χ0n) is 7.57. The molecule has 0 bridgehead atoms. The number of halogens is 1. The second kappa shape index (κ2) is 5.07. The van der Waals surface area contributed by atoms with Gasteiger partial charge in [-0.05, 0) is 17.7 Å². The summed E-state index contributed by atoms with van der Waals surface area (Å²) in [7, 11) is 0. The van der Waals surface area contributed by atoms with Gasteiger partial charge in [0.05, 0.1) is 5.97 Å². The normalized spacial score (nSPS) is 23.8. The van der Waals surface area contributed by atoms with Gasteiger partial charge in [-0.15, -0.1) is 0 Å². The minimum Gasteiger partial charge on any atom is -0.547 e. The van der Waals surface area contributed by atoms with E-state index in [1.165, 1.54) is 0 Å². The molecule has 2 atom stereocenters. The van der Waals surface area contributed by atoms with Crippen molar-refractivity contribution in [2.24, 2.45) is 0 Å². The Labute approximate surface area is 129 Å². The van der Waals surface area contributed by atoms with Crippen LogP contribution >= 0.6 is 11.6 Å². The van der Waals surface area contributed by atoms with Gasteiger partial charge in [0.2, 0.25) is 0 Å². The molecule has 5 heteroatoms. The minimum absolute atomic E-state index is 0. The molecule has 1 aliphatic heterocycles. The molecule has 0 aliphatic carbocycles. The topological polar surface area (TPSA) is 52.7 Å². The molecule has 0 amide bonds. The molecule has 3 nitrogen and oxygen atoms in total. The van der Waals surface area contributed by atoms with Crippen molar-refractivity contribution in [1.29, 1.82) is 0 Å². The van der Waals surface area contributed by atoms with E-state index in [4.69, 9.17) is 16.3 Å². The number of carbonyl (C=O) groups excluding carboxylic acids is 1. The van der Waals surface area contributed by atoms with Gasteiger partial charge in [0.15, 0.2) is 0 Å². The molecule has 0 radical (unpaired) electrons. The predicted molar refractivity (Wildman–Crippen MR) is 44.1 cm³/mol. The van der Waals surface area contributed by atoms with E-state index in [1.807, 2.05) is 0 Å². The SMILES string of the molecule is O=C([O-])C1OC1c1cccc(Cl)c1.[K+]. The smallest absolute Gasteiger partial charge is 0.547 e. The van der Waals surface area contributed by atoms with Gasteiger partial charge >= 0.3 is 51.4 Å². The number of carboxylic acids is 1. The standard InChI is InChI=1S/C9H7ClO3.K/c10-6-3-1-2-5(4-6)7-8(13-7)9(11)12;/h1-4,7-8H,(H,11,12);/q;+1/p-1. The van der Waals surface area contributed by atoms with E-state index in [-0.39, 0.29) is 57.5 Å². The molecule has 0 saturated carbocycles. The van der Waals surface area contributed by atoms with Crippen LogP contribution in [0.3, 0.4) is 0 Å². The van der Waals surface area contributed by atoms with E-state index >= 15 is 0 Å². The Morgan fingerprint density at radius 3 is 2.71 bits per heavy atom. The van der Waals surface area contributed by atoms with E-state index < -0.39 is 12.1 Å². The largest absolute Gasteiger partial charge is 1.00 e. The van der Waals surface area contributed by atoms with Crippen LogP contribution in [0.5, 0.6) is 0 Å². The summed E-state index contributed by atoms with van der Waals surface area (Å²) in [6.07, 6.45) is -1.19. The van der Waals surface area contributed by atoms with Crippen molar-refractivity contribution in [2.75, 3.05) is 0 Å². The number of hydrogen-bond donors (Lipinski definition) is 0. The summed E-state index contributed by atoms with van der Waals surface area (Å²) in [5.41, 5.74) is 0.779. The first-order chi connectivity index (χ1) is 6.18. The molecule has 1 saturated heterocycles. The molecule has 0 spiro atoms. The third-order valence-electron chi connectivity index (χ3n) is 1.90. The summed E-state index contributed by atoms with van der Waals surface area (Å²) < 4.78 is 4.90. The first kappa shape index (κ1) is 12.6. The maximum absolute atomic E-state index is 10.4.